The van der Waals surface area contributed by atoms with Crippen molar-refractivity contribution in [2.75, 3.05) is 39.0 Å². The molecule has 0 heterocycles. The number of halogens is 1. The zero-order valence-corrected chi connectivity index (χ0v) is 16.0. The lowest BCUT2D eigenvalue weighted by Gasteiger charge is -2.11. The first kappa shape index (κ1) is 20.1. The second-order valence-corrected chi connectivity index (χ2v) is 6.96. The van der Waals surface area contributed by atoms with Gasteiger partial charge in [0, 0.05) is 22.6 Å². The van der Waals surface area contributed by atoms with Gasteiger partial charge in [0.1, 0.15) is 0 Å². The molecule has 26 heavy (non-hydrogen) atoms. The predicted molar refractivity (Wildman–Crippen MR) is 104 cm³/mol. The fourth-order valence-electron chi connectivity index (χ4n) is 2.59. The second kappa shape index (κ2) is 10.1. The van der Waals surface area contributed by atoms with Crippen molar-refractivity contribution in [2.24, 2.45) is 0 Å². The minimum absolute atomic E-state index is 0.133. The van der Waals surface area contributed by atoms with Crippen LogP contribution in [-0.4, -0.2) is 45.4 Å². The summed E-state index contributed by atoms with van der Waals surface area (Å²) in [6.45, 7) is 2.30. The van der Waals surface area contributed by atoms with Crippen LogP contribution in [0.5, 0.6) is 0 Å². The highest BCUT2D eigenvalue weighted by atomic mass is 35.5. The maximum absolute atomic E-state index is 12.7. The van der Waals surface area contributed by atoms with Crippen LogP contribution in [0.3, 0.4) is 0 Å². The number of amides is 1. The summed E-state index contributed by atoms with van der Waals surface area (Å²) in [4.78, 5) is 26.4. The molecular formula is C20H26ClN3O2+2. The molecule has 0 aromatic heterocycles. The molecule has 0 fully saturated rings. The van der Waals surface area contributed by atoms with Gasteiger partial charge in [-0.25, -0.2) is 0 Å². The van der Waals surface area contributed by atoms with E-state index in [9.17, 15) is 9.59 Å². The smallest absolute Gasteiger partial charge is 0.279 e. The summed E-state index contributed by atoms with van der Waals surface area (Å²) in [7, 11) is 4.22. The Bertz CT molecular complexity index is 748. The average molecular weight is 376 g/mol. The number of carbonyl (C=O) groups excluding carboxylic acids is 2. The van der Waals surface area contributed by atoms with Crippen molar-refractivity contribution in [1.29, 1.82) is 0 Å². The van der Waals surface area contributed by atoms with Crippen molar-refractivity contribution in [1.82, 2.24) is 0 Å². The number of hydrogen-bond acceptors (Lipinski definition) is 2. The summed E-state index contributed by atoms with van der Waals surface area (Å²) < 4.78 is 0. The normalized spacial score (nSPS) is 10.8. The van der Waals surface area contributed by atoms with Gasteiger partial charge in [-0.15, -0.1) is 0 Å². The fourth-order valence-corrected chi connectivity index (χ4v) is 2.76. The van der Waals surface area contributed by atoms with Crippen LogP contribution in [-0.2, 0) is 4.79 Å². The number of anilines is 1. The molecule has 5 nitrogen and oxygen atoms in total. The van der Waals surface area contributed by atoms with Gasteiger partial charge in [0.15, 0.2) is 12.3 Å². The van der Waals surface area contributed by atoms with Gasteiger partial charge in [-0.05, 0) is 18.2 Å². The fraction of sp³-hybridized carbons (Fsp3) is 0.300. The number of ketones is 1. The van der Waals surface area contributed by atoms with E-state index in [1.54, 1.807) is 42.5 Å². The van der Waals surface area contributed by atoms with Crippen LogP contribution in [0.2, 0.25) is 5.02 Å². The zero-order valence-electron chi connectivity index (χ0n) is 15.2. The molecule has 2 rings (SSSR count). The van der Waals surface area contributed by atoms with Gasteiger partial charge in [0.2, 0.25) is 0 Å². The molecule has 6 heteroatoms. The molecule has 138 valence electrons. The summed E-state index contributed by atoms with van der Waals surface area (Å²) in [5.41, 5.74) is 1.44. The molecule has 0 unspecified atom stereocenters. The quantitative estimate of drug-likeness (QED) is 0.444. The minimum Gasteiger partial charge on any atom is -0.340 e. The summed E-state index contributed by atoms with van der Waals surface area (Å²) in [5, 5.41) is 5.27. The van der Waals surface area contributed by atoms with E-state index in [0.717, 1.165) is 19.5 Å². The van der Waals surface area contributed by atoms with Gasteiger partial charge in [-0.3, -0.25) is 9.59 Å². The summed E-state index contributed by atoms with van der Waals surface area (Å²) in [6.07, 6.45) is 1.05. The minimum atomic E-state index is -0.165. The molecule has 4 N–H and O–H groups in total. The van der Waals surface area contributed by atoms with E-state index in [2.05, 4.69) is 19.4 Å². The Morgan fingerprint density at radius 2 is 1.85 bits per heavy atom. The molecule has 0 aliphatic carbocycles. The zero-order chi connectivity index (χ0) is 18.9. The first-order chi connectivity index (χ1) is 12.5. The van der Waals surface area contributed by atoms with Crippen LogP contribution in [0.15, 0.2) is 48.5 Å². The van der Waals surface area contributed by atoms with E-state index in [1.807, 2.05) is 11.4 Å². The van der Waals surface area contributed by atoms with Crippen LogP contribution in [0.25, 0.3) is 0 Å². The second-order valence-electron chi connectivity index (χ2n) is 6.53. The van der Waals surface area contributed by atoms with E-state index in [4.69, 9.17) is 11.6 Å². The lowest BCUT2D eigenvalue weighted by Crippen LogP contribution is -3.06. The molecule has 0 spiro atoms. The number of nitrogens with two attached hydrogens (primary N) is 1. The van der Waals surface area contributed by atoms with Crippen LogP contribution >= 0.6 is 11.6 Å². The third kappa shape index (κ3) is 6.26. The van der Waals surface area contributed by atoms with E-state index in [-0.39, 0.29) is 11.7 Å². The summed E-state index contributed by atoms with van der Waals surface area (Å²) in [5.74, 6) is -0.298. The van der Waals surface area contributed by atoms with Crippen LogP contribution in [0, 0.1) is 0 Å². The highest BCUT2D eigenvalue weighted by Gasteiger charge is 2.16. The Morgan fingerprint density at radius 3 is 2.54 bits per heavy atom. The van der Waals surface area contributed by atoms with Gasteiger partial charge >= 0.3 is 0 Å². The number of quaternary nitrogens is 2. The molecule has 2 aromatic rings. The molecule has 0 aliphatic rings. The summed E-state index contributed by atoms with van der Waals surface area (Å²) in [6, 6.07) is 13.9. The van der Waals surface area contributed by atoms with E-state index in [0.29, 0.717) is 28.4 Å². The van der Waals surface area contributed by atoms with Crippen molar-refractivity contribution < 1.29 is 19.8 Å². The number of nitrogens with one attached hydrogen (secondary N) is 2. The van der Waals surface area contributed by atoms with Crippen molar-refractivity contribution in [3.8, 4) is 0 Å². The van der Waals surface area contributed by atoms with E-state index >= 15 is 0 Å². The van der Waals surface area contributed by atoms with E-state index < -0.39 is 0 Å². The van der Waals surface area contributed by atoms with Crippen molar-refractivity contribution >= 4 is 29.0 Å². The number of benzene rings is 2. The first-order valence-corrected chi connectivity index (χ1v) is 9.15. The van der Waals surface area contributed by atoms with Crippen molar-refractivity contribution in [3.05, 3.63) is 64.7 Å². The maximum atomic E-state index is 12.7. The van der Waals surface area contributed by atoms with E-state index in [1.165, 1.54) is 4.90 Å². The monoisotopic (exact) mass is 375 g/mol. The van der Waals surface area contributed by atoms with Gasteiger partial charge in [-0.2, -0.15) is 0 Å². The number of carbonyl (C=O) groups is 2. The largest absolute Gasteiger partial charge is 0.340 e. The molecular weight excluding hydrogens is 350 g/mol. The Morgan fingerprint density at radius 1 is 1.12 bits per heavy atom. The van der Waals surface area contributed by atoms with Crippen LogP contribution in [0.1, 0.15) is 22.3 Å². The molecule has 2 aromatic carbocycles. The molecule has 0 radical (unpaired) electrons. The Labute approximate surface area is 159 Å². The Hall–Kier alpha value is -2.21. The molecule has 0 saturated carbocycles. The molecule has 0 atom stereocenters. The number of hydrogen-bond donors (Lipinski definition) is 3. The van der Waals surface area contributed by atoms with Crippen molar-refractivity contribution in [3.63, 3.8) is 0 Å². The molecule has 0 saturated heterocycles. The highest BCUT2D eigenvalue weighted by Crippen LogP contribution is 2.23. The lowest BCUT2D eigenvalue weighted by atomic mass is 10.0. The highest BCUT2D eigenvalue weighted by molar-refractivity contribution is 6.31. The molecule has 1 amide bonds. The third-order valence-corrected chi connectivity index (χ3v) is 4.19. The van der Waals surface area contributed by atoms with Crippen LogP contribution < -0.4 is 15.5 Å². The first-order valence-electron chi connectivity index (χ1n) is 8.77. The predicted octanol–water partition coefficient (Wildman–Crippen LogP) is 0.608. The van der Waals surface area contributed by atoms with Gasteiger partial charge in [-0.1, -0.05) is 41.9 Å². The van der Waals surface area contributed by atoms with Gasteiger partial charge in [0.05, 0.1) is 32.9 Å². The molecule has 0 aliphatic heterocycles. The topological polar surface area (TPSA) is 67.2 Å². The van der Waals surface area contributed by atoms with Gasteiger partial charge in [0.25, 0.3) is 5.91 Å². The Kier molecular flexibility index (Phi) is 7.78. The summed E-state index contributed by atoms with van der Waals surface area (Å²) >= 11 is 6.06. The lowest BCUT2D eigenvalue weighted by molar-refractivity contribution is -0.860. The average Bonchev–Trinajstić information content (AvgIpc) is 2.63. The molecule has 0 bridgehead atoms. The SMILES string of the molecule is C[NH+](C)CCC[NH2+]CC(=O)Nc1ccc(Cl)cc1C(=O)c1ccccc1. The Balaban J connectivity index is 2.01. The number of rotatable bonds is 9. The third-order valence-electron chi connectivity index (χ3n) is 3.95. The van der Waals surface area contributed by atoms with Gasteiger partial charge < -0.3 is 15.5 Å². The van der Waals surface area contributed by atoms with Crippen LogP contribution in [0.4, 0.5) is 5.69 Å². The van der Waals surface area contributed by atoms with Crippen molar-refractivity contribution in [2.45, 2.75) is 6.42 Å². The standard InChI is InChI=1S/C20H24ClN3O2/c1-24(2)12-6-11-22-14-19(25)23-18-10-9-16(21)13-17(18)20(26)15-7-4-3-5-8-15/h3-5,7-10,13,22H,6,11-12,14H2,1-2H3,(H,23,25)/p+2. The maximum Gasteiger partial charge on any atom is 0.279 e.